The van der Waals surface area contributed by atoms with Crippen LogP contribution < -0.4 is 5.32 Å². The molecule has 0 spiro atoms. The van der Waals surface area contributed by atoms with Crippen LogP contribution in [0.25, 0.3) is 0 Å². The van der Waals surface area contributed by atoms with E-state index in [1.54, 1.807) is 19.1 Å². The summed E-state index contributed by atoms with van der Waals surface area (Å²) in [5.74, 6) is -0.561. The molecule has 110 valence electrons. The monoisotopic (exact) mass is 307 g/mol. The van der Waals surface area contributed by atoms with Gasteiger partial charge < -0.3 is 15.4 Å². The number of nitro groups is 1. The smallest absolute Gasteiger partial charge is 0.323 e. The van der Waals surface area contributed by atoms with Gasteiger partial charge in [-0.25, -0.2) is 4.57 Å². The van der Waals surface area contributed by atoms with Gasteiger partial charge in [0.05, 0.1) is 12.4 Å². The first-order chi connectivity index (χ1) is 9.91. The molecule has 0 aliphatic rings. The number of carbonyl (C=O) groups excluding carboxylic acids is 1. The molecule has 1 N–H and O–H groups in total. The lowest BCUT2D eigenvalue weighted by Gasteiger charge is -2.11. The number of nitrogens with zero attached hydrogens (tertiary/aromatic N) is 2. The summed E-state index contributed by atoms with van der Waals surface area (Å²) in [4.78, 5) is 22.5. The molecule has 0 aliphatic carbocycles. The van der Waals surface area contributed by atoms with E-state index in [9.17, 15) is 14.9 Å². The van der Waals surface area contributed by atoms with Crippen molar-refractivity contribution in [1.29, 1.82) is 0 Å². The van der Waals surface area contributed by atoms with Crippen LogP contribution in [-0.2, 0) is 7.05 Å². The minimum absolute atomic E-state index is 0.140. The predicted octanol–water partition coefficient (Wildman–Crippen LogP) is 3.49. The average Bonchev–Trinajstić information content (AvgIpc) is 2.81. The van der Waals surface area contributed by atoms with E-state index in [1.807, 2.05) is 12.1 Å². The molecule has 1 aromatic carbocycles. The van der Waals surface area contributed by atoms with Crippen molar-refractivity contribution in [3.63, 3.8) is 0 Å². The van der Waals surface area contributed by atoms with Gasteiger partial charge in [-0.05, 0) is 29.5 Å². The molecular weight excluding hydrogens is 294 g/mol. The van der Waals surface area contributed by atoms with Gasteiger partial charge in [-0.2, -0.15) is 0 Å². The SMILES string of the molecule is CC(Cl)c1ccccc1NC(=O)c1ccc([N+](=O)[O-])n1C. The number of carbonyl (C=O) groups is 1. The van der Waals surface area contributed by atoms with E-state index in [0.717, 1.165) is 5.56 Å². The molecular formula is C14H14ClN3O3. The first kappa shape index (κ1) is 15.1. The maximum absolute atomic E-state index is 12.2. The Labute approximate surface area is 126 Å². The lowest BCUT2D eigenvalue weighted by Crippen LogP contribution is -2.17. The molecule has 0 saturated carbocycles. The van der Waals surface area contributed by atoms with Gasteiger partial charge in [0.2, 0.25) is 0 Å². The Morgan fingerprint density at radius 2 is 2.00 bits per heavy atom. The fraction of sp³-hybridized carbons (Fsp3) is 0.214. The summed E-state index contributed by atoms with van der Waals surface area (Å²) in [7, 11) is 1.48. The van der Waals surface area contributed by atoms with Crippen molar-refractivity contribution in [2.45, 2.75) is 12.3 Å². The zero-order chi connectivity index (χ0) is 15.6. The number of rotatable bonds is 4. The number of benzene rings is 1. The number of hydrogen-bond donors (Lipinski definition) is 1. The molecule has 7 heteroatoms. The Balaban J connectivity index is 2.29. The molecule has 2 rings (SSSR count). The Hall–Kier alpha value is -2.34. The first-order valence-corrected chi connectivity index (χ1v) is 6.70. The molecule has 2 aromatic rings. The van der Waals surface area contributed by atoms with Crippen LogP contribution in [0.15, 0.2) is 36.4 Å². The lowest BCUT2D eigenvalue weighted by molar-refractivity contribution is -0.391. The van der Waals surface area contributed by atoms with Crippen molar-refractivity contribution in [3.05, 3.63) is 57.8 Å². The third kappa shape index (κ3) is 3.05. The van der Waals surface area contributed by atoms with Gasteiger partial charge in [0.1, 0.15) is 0 Å². The van der Waals surface area contributed by atoms with Crippen LogP contribution in [0.3, 0.4) is 0 Å². The van der Waals surface area contributed by atoms with Crippen molar-refractivity contribution in [3.8, 4) is 0 Å². The van der Waals surface area contributed by atoms with Gasteiger partial charge in [-0.3, -0.25) is 4.79 Å². The van der Waals surface area contributed by atoms with E-state index >= 15 is 0 Å². The van der Waals surface area contributed by atoms with Crippen LogP contribution in [0.1, 0.15) is 28.4 Å². The summed E-state index contributed by atoms with van der Waals surface area (Å²) < 4.78 is 1.24. The number of hydrogen-bond acceptors (Lipinski definition) is 3. The van der Waals surface area contributed by atoms with E-state index in [4.69, 9.17) is 11.6 Å². The van der Waals surface area contributed by atoms with E-state index in [1.165, 1.54) is 23.7 Å². The fourth-order valence-electron chi connectivity index (χ4n) is 2.06. The highest BCUT2D eigenvalue weighted by Gasteiger charge is 2.21. The average molecular weight is 308 g/mol. The third-order valence-corrected chi connectivity index (χ3v) is 3.39. The second-order valence-electron chi connectivity index (χ2n) is 4.55. The maximum Gasteiger partial charge on any atom is 0.323 e. The number of halogens is 1. The summed E-state index contributed by atoms with van der Waals surface area (Å²) in [5, 5.41) is 13.3. The fourth-order valence-corrected chi connectivity index (χ4v) is 2.25. The Bertz CT molecular complexity index is 695. The largest absolute Gasteiger partial charge is 0.358 e. The second kappa shape index (κ2) is 5.97. The van der Waals surface area contributed by atoms with Crippen LogP contribution in [0, 0.1) is 10.1 Å². The highest BCUT2D eigenvalue weighted by atomic mass is 35.5. The van der Waals surface area contributed by atoms with Gasteiger partial charge in [0.25, 0.3) is 5.91 Å². The van der Waals surface area contributed by atoms with E-state index < -0.39 is 10.8 Å². The van der Waals surface area contributed by atoms with Gasteiger partial charge in [0.15, 0.2) is 5.69 Å². The second-order valence-corrected chi connectivity index (χ2v) is 5.20. The van der Waals surface area contributed by atoms with E-state index in [2.05, 4.69) is 5.32 Å². The molecule has 21 heavy (non-hydrogen) atoms. The lowest BCUT2D eigenvalue weighted by atomic mass is 10.1. The molecule has 6 nitrogen and oxygen atoms in total. The molecule has 0 aliphatic heterocycles. The molecule has 1 aromatic heterocycles. The summed E-state index contributed by atoms with van der Waals surface area (Å²) in [6.45, 7) is 1.81. The van der Waals surface area contributed by atoms with Crippen LogP contribution in [-0.4, -0.2) is 15.4 Å². The summed E-state index contributed by atoms with van der Waals surface area (Å²) >= 11 is 6.07. The van der Waals surface area contributed by atoms with E-state index in [0.29, 0.717) is 5.69 Å². The molecule has 0 saturated heterocycles. The topological polar surface area (TPSA) is 77.2 Å². The highest BCUT2D eigenvalue weighted by Crippen LogP contribution is 2.27. The number of nitrogens with one attached hydrogen (secondary N) is 1. The molecule has 1 atom stereocenters. The van der Waals surface area contributed by atoms with Gasteiger partial charge in [0, 0.05) is 11.8 Å². The van der Waals surface area contributed by atoms with Crippen LogP contribution in [0.4, 0.5) is 11.5 Å². The molecule has 1 unspecified atom stereocenters. The normalized spacial score (nSPS) is 12.0. The molecule has 0 radical (unpaired) electrons. The standard InChI is InChI=1S/C14H14ClN3O3/c1-9(15)10-5-3-4-6-11(10)16-14(19)12-7-8-13(17(12)2)18(20)21/h3-9H,1-2H3,(H,16,19). The van der Waals surface area contributed by atoms with Crippen molar-refractivity contribution in [2.24, 2.45) is 7.05 Å². The minimum Gasteiger partial charge on any atom is -0.358 e. The number of para-hydroxylation sites is 1. The van der Waals surface area contributed by atoms with Crippen LogP contribution >= 0.6 is 11.6 Å². The number of amides is 1. The molecule has 1 amide bonds. The Morgan fingerprint density at radius 3 is 2.57 bits per heavy atom. The number of alkyl halides is 1. The van der Waals surface area contributed by atoms with Crippen LogP contribution in [0.5, 0.6) is 0 Å². The Morgan fingerprint density at radius 1 is 1.33 bits per heavy atom. The quantitative estimate of drug-likeness (QED) is 0.533. The zero-order valence-electron chi connectivity index (χ0n) is 11.5. The van der Waals surface area contributed by atoms with Crippen molar-refractivity contribution in [2.75, 3.05) is 5.32 Å². The predicted molar refractivity (Wildman–Crippen MR) is 80.7 cm³/mol. The Kier molecular flexibility index (Phi) is 4.28. The number of anilines is 1. The maximum atomic E-state index is 12.2. The molecule has 1 heterocycles. The van der Waals surface area contributed by atoms with Crippen molar-refractivity contribution < 1.29 is 9.72 Å². The highest BCUT2D eigenvalue weighted by molar-refractivity contribution is 6.21. The van der Waals surface area contributed by atoms with Crippen molar-refractivity contribution >= 4 is 29.0 Å². The minimum atomic E-state index is -0.536. The molecule has 0 bridgehead atoms. The van der Waals surface area contributed by atoms with Crippen molar-refractivity contribution in [1.82, 2.24) is 4.57 Å². The molecule has 0 fully saturated rings. The van der Waals surface area contributed by atoms with Gasteiger partial charge in [-0.1, -0.05) is 18.2 Å². The zero-order valence-corrected chi connectivity index (χ0v) is 12.3. The van der Waals surface area contributed by atoms with Crippen LogP contribution in [0.2, 0.25) is 0 Å². The summed E-state index contributed by atoms with van der Waals surface area (Å²) in [6.07, 6.45) is 0. The first-order valence-electron chi connectivity index (χ1n) is 6.26. The van der Waals surface area contributed by atoms with Gasteiger partial charge >= 0.3 is 5.82 Å². The summed E-state index contributed by atoms with van der Waals surface area (Å²) in [6, 6.07) is 9.89. The van der Waals surface area contributed by atoms with Gasteiger partial charge in [-0.15, -0.1) is 11.6 Å². The summed E-state index contributed by atoms with van der Waals surface area (Å²) in [5.41, 5.74) is 1.59. The van der Waals surface area contributed by atoms with E-state index in [-0.39, 0.29) is 16.9 Å². The number of aromatic nitrogens is 1. The third-order valence-electron chi connectivity index (χ3n) is 3.15.